The van der Waals surface area contributed by atoms with Crippen LogP contribution in [-0.2, 0) is 16.4 Å². The van der Waals surface area contributed by atoms with Crippen molar-refractivity contribution in [3.63, 3.8) is 0 Å². The van der Waals surface area contributed by atoms with E-state index >= 15 is 0 Å². The third-order valence-corrected chi connectivity index (χ3v) is 7.68. The number of halogens is 1. The first-order valence-electron chi connectivity index (χ1n) is 9.96. The van der Waals surface area contributed by atoms with Crippen molar-refractivity contribution < 1.29 is 13.2 Å². The van der Waals surface area contributed by atoms with Gasteiger partial charge in [0.05, 0.1) is 17.0 Å². The van der Waals surface area contributed by atoms with Gasteiger partial charge in [0.2, 0.25) is 10.0 Å². The average Bonchev–Trinajstić information content (AvgIpc) is 3.32. The van der Waals surface area contributed by atoms with E-state index in [2.05, 4.69) is 23.4 Å². The van der Waals surface area contributed by atoms with Gasteiger partial charge in [0, 0.05) is 31.7 Å². The second kappa shape index (κ2) is 8.17. The third kappa shape index (κ3) is 3.79. The fourth-order valence-electron chi connectivity index (χ4n) is 4.06. The highest BCUT2D eigenvalue weighted by molar-refractivity contribution is 7.89. The van der Waals surface area contributed by atoms with Crippen LogP contribution >= 0.6 is 11.6 Å². The number of ether oxygens (including phenoxy) is 1. The van der Waals surface area contributed by atoms with Crippen LogP contribution in [0.15, 0.2) is 41.4 Å². The number of pyridine rings is 1. The lowest BCUT2D eigenvalue weighted by molar-refractivity contribution is 0.414. The highest BCUT2D eigenvalue weighted by Gasteiger charge is 2.34. The molecule has 1 aliphatic rings. The minimum Gasteiger partial charge on any atom is -0.495 e. The monoisotopic (exact) mass is 448 g/mol. The van der Waals surface area contributed by atoms with Crippen molar-refractivity contribution in [1.82, 2.24) is 18.8 Å². The van der Waals surface area contributed by atoms with E-state index in [0.717, 1.165) is 23.4 Å². The lowest BCUT2D eigenvalue weighted by atomic mass is 10.0. The molecule has 4 rings (SSSR count). The molecule has 1 saturated heterocycles. The average molecular weight is 449 g/mol. The minimum absolute atomic E-state index is 0.188. The topological polar surface area (TPSA) is 77.3 Å². The number of hydrogen-bond donors (Lipinski definition) is 0. The molecule has 1 aromatic carbocycles. The van der Waals surface area contributed by atoms with Crippen LogP contribution in [0.5, 0.6) is 5.75 Å². The summed E-state index contributed by atoms with van der Waals surface area (Å²) in [4.78, 5) is 9.45. The Labute approximate surface area is 181 Å². The summed E-state index contributed by atoms with van der Waals surface area (Å²) in [6.45, 7) is 5.16. The van der Waals surface area contributed by atoms with Crippen molar-refractivity contribution in [2.24, 2.45) is 5.92 Å². The number of imidazole rings is 1. The smallest absolute Gasteiger partial charge is 0.243 e. The first-order chi connectivity index (χ1) is 14.3. The number of aromatic nitrogens is 3. The van der Waals surface area contributed by atoms with E-state index in [1.54, 1.807) is 12.3 Å². The molecule has 9 heteroatoms. The van der Waals surface area contributed by atoms with Crippen LogP contribution in [-0.4, -0.2) is 47.5 Å². The van der Waals surface area contributed by atoms with Gasteiger partial charge in [-0.15, -0.1) is 0 Å². The first-order valence-corrected chi connectivity index (χ1v) is 11.8. The van der Waals surface area contributed by atoms with E-state index in [4.69, 9.17) is 21.3 Å². The van der Waals surface area contributed by atoms with Crippen LogP contribution in [0.1, 0.15) is 32.1 Å². The van der Waals surface area contributed by atoms with Crippen molar-refractivity contribution in [1.29, 1.82) is 0 Å². The second-order valence-corrected chi connectivity index (χ2v) is 10.2. The van der Waals surface area contributed by atoms with Crippen LogP contribution in [0.25, 0.3) is 11.2 Å². The summed E-state index contributed by atoms with van der Waals surface area (Å²) in [6, 6.07) is 8.64. The number of rotatable bonds is 6. The van der Waals surface area contributed by atoms with Gasteiger partial charge in [-0.05, 0) is 56.5 Å². The number of nitrogens with zero attached hydrogens (tertiary/aromatic N) is 4. The number of methoxy groups -OCH3 is 1. The van der Waals surface area contributed by atoms with Crippen LogP contribution in [0.2, 0.25) is 5.02 Å². The van der Waals surface area contributed by atoms with Crippen molar-refractivity contribution in [2.45, 2.75) is 37.6 Å². The van der Waals surface area contributed by atoms with Gasteiger partial charge in [0.15, 0.2) is 5.65 Å². The molecule has 0 bridgehead atoms. The van der Waals surface area contributed by atoms with Gasteiger partial charge in [-0.1, -0.05) is 11.6 Å². The Morgan fingerprint density at radius 2 is 2.10 bits per heavy atom. The number of sulfonamides is 1. The molecule has 3 heterocycles. The fraction of sp³-hybridized carbons (Fsp3) is 0.429. The molecule has 0 radical (unpaired) electrons. The van der Waals surface area contributed by atoms with E-state index in [-0.39, 0.29) is 21.9 Å². The molecule has 0 spiro atoms. The maximum absolute atomic E-state index is 13.1. The molecule has 1 atom stereocenters. The number of benzene rings is 1. The second-order valence-electron chi connectivity index (χ2n) is 7.86. The van der Waals surface area contributed by atoms with Crippen LogP contribution in [0, 0.1) is 5.92 Å². The van der Waals surface area contributed by atoms with Crippen molar-refractivity contribution >= 4 is 32.8 Å². The molecule has 1 fully saturated rings. The summed E-state index contributed by atoms with van der Waals surface area (Å²) in [5, 5.41) is 0.285. The minimum atomic E-state index is -3.61. The summed E-state index contributed by atoms with van der Waals surface area (Å²) in [5.41, 5.74) is 1.74. The zero-order chi connectivity index (χ0) is 21.5. The summed E-state index contributed by atoms with van der Waals surface area (Å²) >= 11 is 6.14. The Kier molecular flexibility index (Phi) is 5.74. The molecule has 160 valence electrons. The molecule has 2 aromatic heterocycles. The number of fused-ring (bicyclic) bond motifs is 1. The van der Waals surface area contributed by atoms with E-state index < -0.39 is 10.0 Å². The SMILES string of the molecule is COc1ccc(S(=O)(=O)N2CCC(Cc3nc4cccnc4n3C(C)C)C2)cc1Cl. The van der Waals surface area contributed by atoms with E-state index in [9.17, 15) is 8.42 Å². The quantitative estimate of drug-likeness (QED) is 0.571. The molecular weight excluding hydrogens is 424 g/mol. The molecule has 1 aliphatic heterocycles. The Morgan fingerprint density at radius 3 is 2.80 bits per heavy atom. The van der Waals surface area contributed by atoms with Gasteiger partial charge < -0.3 is 9.30 Å². The Morgan fingerprint density at radius 1 is 1.30 bits per heavy atom. The molecule has 3 aromatic rings. The molecule has 0 amide bonds. The third-order valence-electron chi connectivity index (χ3n) is 5.52. The Balaban J connectivity index is 1.55. The first kappa shape index (κ1) is 21.1. The summed E-state index contributed by atoms with van der Waals surface area (Å²) in [7, 11) is -2.11. The molecule has 1 unspecified atom stereocenters. The highest BCUT2D eigenvalue weighted by atomic mass is 35.5. The van der Waals surface area contributed by atoms with Crippen LogP contribution in [0.4, 0.5) is 0 Å². The number of hydrogen-bond acceptors (Lipinski definition) is 5. The van der Waals surface area contributed by atoms with Gasteiger partial charge in [0.1, 0.15) is 17.1 Å². The molecule has 0 saturated carbocycles. The zero-order valence-electron chi connectivity index (χ0n) is 17.2. The molecule has 7 nitrogen and oxygen atoms in total. The van der Waals surface area contributed by atoms with Crippen molar-refractivity contribution in [3.05, 3.63) is 47.4 Å². The summed E-state index contributed by atoms with van der Waals surface area (Å²) in [6.07, 6.45) is 3.28. The van der Waals surface area contributed by atoms with Gasteiger partial charge in [0.25, 0.3) is 0 Å². The standard InChI is InChI=1S/C21H25ClN4O3S/c1-14(2)26-20(24-18-5-4-9-23-21(18)26)11-15-8-10-25(13-15)30(27,28)16-6-7-19(29-3)17(22)12-16/h4-7,9,12,14-15H,8,10-11,13H2,1-3H3. The van der Waals surface area contributed by atoms with Gasteiger partial charge >= 0.3 is 0 Å². The normalized spacial score (nSPS) is 17.8. The molecule has 0 N–H and O–H groups in total. The van der Waals surface area contributed by atoms with E-state index in [0.29, 0.717) is 25.3 Å². The van der Waals surface area contributed by atoms with E-state index in [1.165, 1.54) is 23.5 Å². The highest BCUT2D eigenvalue weighted by Crippen LogP contribution is 2.32. The largest absolute Gasteiger partial charge is 0.495 e. The molecule has 30 heavy (non-hydrogen) atoms. The fourth-order valence-corrected chi connectivity index (χ4v) is 5.94. The van der Waals surface area contributed by atoms with E-state index in [1.807, 2.05) is 12.1 Å². The van der Waals surface area contributed by atoms with Crippen LogP contribution < -0.4 is 4.74 Å². The summed E-state index contributed by atoms with van der Waals surface area (Å²) in [5.74, 6) is 1.61. The Hall–Kier alpha value is -2.16. The lowest BCUT2D eigenvalue weighted by Crippen LogP contribution is -2.29. The predicted molar refractivity (Wildman–Crippen MR) is 116 cm³/mol. The molecule has 0 aliphatic carbocycles. The Bertz CT molecular complexity index is 1180. The van der Waals surface area contributed by atoms with Gasteiger partial charge in [-0.25, -0.2) is 18.4 Å². The van der Waals surface area contributed by atoms with Gasteiger partial charge in [-0.2, -0.15) is 4.31 Å². The maximum atomic E-state index is 13.1. The predicted octanol–water partition coefficient (Wildman–Crippen LogP) is 3.93. The van der Waals surface area contributed by atoms with Crippen LogP contribution in [0.3, 0.4) is 0 Å². The summed E-state index contributed by atoms with van der Waals surface area (Å²) < 4.78 is 35.0. The lowest BCUT2D eigenvalue weighted by Gasteiger charge is -2.18. The van der Waals surface area contributed by atoms with Crippen molar-refractivity contribution in [3.8, 4) is 5.75 Å². The zero-order valence-corrected chi connectivity index (χ0v) is 18.8. The molecular formula is C21H25ClN4O3S. The maximum Gasteiger partial charge on any atom is 0.243 e. The van der Waals surface area contributed by atoms with Crippen molar-refractivity contribution in [2.75, 3.05) is 20.2 Å². The van der Waals surface area contributed by atoms with Gasteiger partial charge in [-0.3, -0.25) is 0 Å².